The first-order valence-electron chi connectivity index (χ1n) is 6.68. The van der Waals surface area contributed by atoms with Gasteiger partial charge in [-0.05, 0) is 26.2 Å². The maximum Gasteiger partial charge on any atom is 0.333 e. The molecule has 2 N–H and O–H groups in total. The zero-order valence-electron chi connectivity index (χ0n) is 11.9. The fourth-order valence-corrected chi connectivity index (χ4v) is 1.67. The molecule has 0 aliphatic heterocycles. The molecule has 21 heavy (non-hydrogen) atoms. The smallest absolute Gasteiger partial charge is 0.333 e. The lowest BCUT2D eigenvalue weighted by molar-refractivity contribution is -0.139. The zero-order chi connectivity index (χ0) is 15.8. The molecule has 0 aliphatic rings. The molecular weight excluding hydrogens is 278 g/mol. The Hall–Kier alpha value is -2.38. The number of hydrogen-bond donors (Lipinski definition) is 2. The van der Waals surface area contributed by atoms with Crippen LogP contribution >= 0.6 is 0 Å². The van der Waals surface area contributed by atoms with E-state index in [1.54, 1.807) is 6.92 Å². The lowest BCUT2D eigenvalue weighted by atomic mass is 10.2. The van der Waals surface area contributed by atoms with E-state index >= 15 is 0 Å². The average Bonchev–Trinajstić information content (AvgIpc) is 2.39. The summed E-state index contributed by atoms with van der Waals surface area (Å²) in [4.78, 5) is 48.7. The Kier molecular flexibility index (Phi) is 6.38. The van der Waals surface area contributed by atoms with Crippen LogP contribution in [0, 0.1) is 0 Å². The Morgan fingerprint density at radius 2 is 1.67 bits per heavy atom. The molecule has 0 spiro atoms. The van der Waals surface area contributed by atoms with Crippen LogP contribution in [-0.4, -0.2) is 27.1 Å². The van der Waals surface area contributed by atoms with Crippen LogP contribution in [0.1, 0.15) is 32.6 Å². The lowest BCUT2D eigenvalue weighted by Crippen LogP contribution is -2.43. The highest BCUT2D eigenvalue weighted by Crippen LogP contribution is 2.02. The summed E-state index contributed by atoms with van der Waals surface area (Å²) in [5.74, 6) is -0.402. The van der Waals surface area contributed by atoms with E-state index in [-0.39, 0.29) is 6.54 Å². The van der Waals surface area contributed by atoms with Crippen molar-refractivity contribution in [3.8, 4) is 0 Å². The molecule has 0 atom stereocenters. The molecule has 8 nitrogen and oxygen atoms in total. The van der Waals surface area contributed by atoms with Crippen LogP contribution in [0.3, 0.4) is 0 Å². The van der Waals surface area contributed by atoms with Gasteiger partial charge >= 0.3 is 23.0 Å². The van der Waals surface area contributed by atoms with Crippen LogP contribution in [0.15, 0.2) is 26.5 Å². The van der Waals surface area contributed by atoms with E-state index in [0.717, 1.165) is 17.4 Å². The first-order valence-corrected chi connectivity index (χ1v) is 6.68. The fourth-order valence-electron chi connectivity index (χ4n) is 1.67. The number of carbonyl (C=O) groups excluding carboxylic acids is 1. The van der Waals surface area contributed by atoms with E-state index in [9.17, 15) is 19.2 Å². The van der Waals surface area contributed by atoms with Gasteiger partial charge in [-0.1, -0.05) is 13.0 Å². The van der Waals surface area contributed by atoms with Crippen molar-refractivity contribution in [2.45, 2.75) is 39.2 Å². The van der Waals surface area contributed by atoms with E-state index in [0.29, 0.717) is 25.0 Å². The second-order valence-electron chi connectivity index (χ2n) is 4.67. The van der Waals surface area contributed by atoms with Crippen LogP contribution in [0.2, 0.25) is 0 Å². The molecule has 0 radical (unpaired) electrons. The lowest BCUT2D eigenvalue weighted by Gasteiger charge is -2.05. The summed E-state index contributed by atoms with van der Waals surface area (Å²) in [6.45, 7) is 5.62. The summed E-state index contributed by atoms with van der Waals surface area (Å²) in [6, 6.07) is 0. The van der Waals surface area contributed by atoms with E-state index in [1.165, 1.54) is 0 Å². The van der Waals surface area contributed by atoms with Crippen molar-refractivity contribution in [1.82, 2.24) is 14.5 Å². The predicted molar refractivity (Wildman–Crippen MR) is 76.2 cm³/mol. The first kappa shape index (κ1) is 16.7. The van der Waals surface area contributed by atoms with Crippen LogP contribution < -0.4 is 17.1 Å². The van der Waals surface area contributed by atoms with Crippen molar-refractivity contribution in [3.63, 3.8) is 0 Å². The predicted octanol–water partition coefficient (Wildman–Crippen LogP) is -0.0954. The second kappa shape index (κ2) is 8.03. The standard InChI is InChI=1S/C13H19N3O5/c1-9(2)10(17)21-8-6-4-3-5-7-16-12(19)14-11(18)15-13(16)20/h1,3-8H2,2H3,(H2,14,15,18,19,20). The molecule has 1 rings (SSSR count). The SMILES string of the molecule is C=C(C)C(=O)OCCCCCCn1c(=O)[nH]c(=O)[nH]c1=O. The van der Waals surface area contributed by atoms with Crippen LogP contribution in [-0.2, 0) is 16.1 Å². The van der Waals surface area contributed by atoms with Gasteiger partial charge in [0.2, 0.25) is 0 Å². The van der Waals surface area contributed by atoms with Crippen molar-refractivity contribution < 1.29 is 9.53 Å². The van der Waals surface area contributed by atoms with Crippen LogP contribution in [0.4, 0.5) is 0 Å². The number of carbonyl (C=O) groups is 1. The molecule has 8 heteroatoms. The Balaban J connectivity index is 2.25. The summed E-state index contributed by atoms with van der Waals surface area (Å²) < 4.78 is 5.88. The minimum atomic E-state index is -0.805. The third-order valence-corrected chi connectivity index (χ3v) is 2.79. The molecule has 0 aromatic carbocycles. The van der Waals surface area contributed by atoms with Gasteiger partial charge in [0.25, 0.3) is 0 Å². The van der Waals surface area contributed by atoms with Gasteiger partial charge < -0.3 is 4.74 Å². The van der Waals surface area contributed by atoms with Gasteiger partial charge in [0, 0.05) is 12.1 Å². The molecule has 1 aromatic heterocycles. The number of H-pyrrole nitrogens is 2. The number of nitrogens with zero attached hydrogens (tertiary/aromatic N) is 1. The summed E-state index contributed by atoms with van der Waals surface area (Å²) in [5, 5.41) is 0. The number of ether oxygens (including phenoxy) is 1. The monoisotopic (exact) mass is 297 g/mol. The average molecular weight is 297 g/mol. The molecule has 116 valence electrons. The summed E-state index contributed by atoms with van der Waals surface area (Å²) in [6.07, 6.45) is 2.90. The number of esters is 1. The number of rotatable bonds is 8. The molecule has 0 aliphatic carbocycles. The summed E-state index contributed by atoms with van der Waals surface area (Å²) >= 11 is 0. The number of unbranched alkanes of at least 4 members (excludes halogenated alkanes) is 3. The van der Waals surface area contributed by atoms with Crippen LogP contribution in [0.25, 0.3) is 0 Å². The van der Waals surface area contributed by atoms with Crippen LogP contribution in [0.5, 0.6) is 0 Å². The van der Waals surface area contributed by atoms with Gasteiger partial charge in [-0.25, -0.2) is 23.7 Å². The molecule has 0 saturated carbocycles. The maximum absolute atomic E-state index is 11.4. The van der Waals surface area contributed by atoms with Gasteiger partial charge in [0.1, 0.15) is 0 Å². The Labute approximate surface area is 120 Å². The maximum atomic E-state index is 11.4. The van der Waals surface area contributed by atoms with Gasteiger partial charge in [-0.2, -0.15) is 0 Å². The molecule has 1 aromatic rings. The molecule has 0 bridgehead atoms. The molecular formula is C13H19N3O5. The van der Waals surface area contributed by atoms with E-state index in [2.05, 4.69) is 6.58 Å². The highest BCUT2D eigenvalue weighted by molar-refractivity contribution is 5.86. The van der Waals surface area contributed by atoms with Crippen molar-refractivity contribution >= 4 is 5.97 Å². The van der Waals surface area contributed by atoms with Gasteiger partial charge in [0.05, 0.1) is 6.61 Å². The van der Waals surface area contributed by atoms with Crippen molar-refractivity contribution in [3.05, 3.63) is 43.6 Å². The molecule has 1 heterocycles. The van der Waals surface area contributed by atoms with Crippen molar-refractivity contribution in [1.29, 1.82) is 0 Å². The molecule has 0 amide bonds. The number of aromatic amines is 2. The van der Waals surface area contributed by atoms with E-state index < -0.39 is 23.0 Å². The second-order valence-corrected chi connectivity index (χ2v) is 4.67. The highest BCUT2D eigenvalue weighted by atomic mass is 16.5. The zero-order valence-corrected chi connectivity index (χ0v) is 11.9. The Bertz CT molecular complexity index is 633. The molecule has 0 saturated heterocycles. The van der Waals surface area contributed by atoms with E-state index in [1.807, 2.05) is 9.97 Å². The quantitative estimate of drug-likeness (QED) is 0.395. The topological polar surface area (TPSA) is 114 Å². The highest BCUT2D eigenvalue weighted by Gasteiger charge is 2.03. The Morgan fingerprint density at radius 3 is 2.24 bits per heavy atom. The van der Waals surface area contributed by atoms with Gasteiger partial charge in [0.15, 0.2) is 0 Å². The van der Waals surface area contributed by atoms with Gasteiger partial charge in [-0.3, -0.25) is 9.97 Å². The summed E-state index contributed by atoms with van der Waals surface area (Å²) in [5.41, 5.74) is -1.86. The Morgan fingerprint density at radius 1 is 1.10 bits per heavy atom. The van der Waals surface area contributed by atoms with Crippen molar-refractivity contribution in [2.75, 3.05) is 6.61 Å². The number of nitrogens with one attached hydrogen (secondary N) is 2. The van der Waals surface area contributed by atoms with Crippen molar-refractivity contribution in [2.24, 2.45) is 0 Å². The first-order chi connectivity index (χ1) is 9.91. The number of hydrogen-bond acceptors (Lipinski definition) is 5. The third-order valence-electron chi connectivity index (χ3n) is 2.79. The van der Waals surface area contributed by atoms with Gasteiger partial charge in [-0.15, -0.1) is 0 Å². The minimum Gasteiger partial charge on any atom is -0.462 e. The molecule has 0 fully saturated rings. The minimum absolute atomic E-state index is 0.233. The normalized spacial score (nSPS) is 10.3. The third kappa shape index (κ3) is 5.64. The van der Waals surface area contributed by atoms with E-state index in [4.69, 9.17) is 4.74 Å². The summed E-state index contributed by atoms with van der Waals surface area (Å²) in [7, 11) is 0. The fraction of sp³-hybridized carbons (Fsp3) is 0.538. The molecule has 0 unspecified atom stereocenters. The largest absolute Gasteiger partial charge is 0.462 e. The number of aromatic nitrogens is 3.